The molecular weight excluding hydrogens is 574 g/mol. The SMILES string of the molecule is CC(C)CCCCC1CCC2C3CC=C4CC(OC(=O)NCCOC(C)(C)COC(C)(C)CCN(C)N)CCC4(C)C3CCC12C. The van der Waals surface area contributed by atoms with Crippen molar-refractivity contribution in [2.75, 3.05) is 33.4 Å². The van der Waals surface area contributed by atoms with Crippen LogP contribution in [0.2, 0.25) is 0 Å². The van der Waals surface area contributed by atoms with Crippen LogP contribution in [0.25, 0.3) is 0 Å². The quantitative estimate of drug-likeness (QED) is 0.0756. The molecule has 7 nitrogen and oxygen atoms in total. The molecule has 0 bridgehead atoms. The summed E-state index contributed by atoms with van der Waals surface area (Å²) in [5.41, 5.74) is 1.64. The summed E-state index contributed by atoms with van der Waals surface area (Å²) in [6, 6.07) is 0. The third-order valence-corrected chi connectivity index (χ3v) is 12.9. The molecule has 7 heteroatoms. The van der Waals surface area contributed by atoms with Gasteiger partial charge in [-0.15, -0.1) is 0 Å². The standard InChI is InChI=1S/C39H71N3O4/c1-28(2)12-10-11-13-29-15-17-33-32-16-14-30-26-31(18-20-39(30,8)34(32)19-21-38(29,33)7)46-35(43)41-23-25-44-37(5,6)27-45-36(3,4)22-24-42(9)40/h14,28-29,31-34H,10-13,15-27,40H2,1-9H3,(H,41,43). The van der Waals surface area contributed by atoms with E-state index >= 15 is 0 Å². The Morgan fingerprint density at radius 3 is 2.52 bits per heavy atom. The summed E-state index contributed by atoms with van der Waals surface area (Å²) >= 11 is 0. The Hall–Kier alpha value is -1.15. The number of amides is 1. The Morgan fingerprint density at radius 2 is 1.80 bits per heavy atom. The summed E-state index contributed by atoms with van der Waals surface area (Å²) in [6.45, 7) is 20.2. The first-order chi connectivity index (χ1) is 21.5. The van der Waals surface area contributed by atoms with Gasteiger partial charge in [-0.2, -0.15) is 0 Å². The molecule has 4 aliphatic rings. The van der Waals surface area contributed by atoms with E-state index in [0.29, 0.717) is 25.2 Å². The second-order valence-electron chi connectivity index (χ2n) is 17.8. The van der Waals surface area contributed by atoms with Gasteiger partial charge in [0.2, 0.25) is 0 Å². The van der Waals surface area contributed by atoms with Crippen LogP contribution in [-0.4, -0.2) is 61.8 Å². The van der Waals surface area contributed by atoms with Crippen molar-refractivity contribution < 1.29 is 19.0 Å². The predicted molar refractivity (Wildman–Crippen MR) is 188 cm³/mol. The molecule has 0 aliphatic heterocycles. The molecule has 0 aromatic rings. The predicted octanol–water partition coefficient (Wildman–Crippen LogP) is 8.66. The molecule has 0 aromatic carbocycles. The number of rotatable bonds is 16. The molecule has 1 amide bonds. The van der Waals surface area contributed by atoms with Crippen molar-refractivity contribution in [3.8, 4) is 0 Å². The molecule has 46 heavy (non-hydrogen) atoms. The molecule has 7 unspecified atom stereocenters. The van der Waals surface area contributed by atoms with Crippen LogP contribution in [-0.2, 0) is 14.2 Å². The number of nitrogens with one attached hydrogen (secondary N) is 1. The number of unbranched alkanes of at least 4 members (excludes halogenated alkanes) is 1. The molecule has 3 N–H and O–H groups in total. The number of allylic oxidation sites excluding steroid dienone is 1. The van der Waals surface area contributed by atoms with Crippen LogP contribution in [0.4, 0.5) is 4.79 Å². The van der Waals surface area contributed by atoms with Crippen molar-refractivity contribution in [2.24, 2.45) is 46.3 Å². The lowest BCUT2D eigenvalue weighted by Crippen LogP contribution is -2.50. The molecule has 0 radical (unpaired) electrons. The van der Waals surface area contributed by atoms with Gasteiger partial charge in [0.05, 0.1) is 24.4 Å². The maximum Gasteiger partial charge on any atom is 0.407 e. The zero-order valence-corrected chi connectivity index (χ0v) is 31.2. The number of nitrogens with two attached hydrogens (primary N) is 1. The van der Waals surface area contributed by atoms with E-state index in [1.54, 1.807) is 10.6 Å². The molecule has 4 aliphatic carbocycles. The van der Waals surface area contributed by atoms with Crippen molar-refractivity contribution in [2.45, 2.75) is 156 Å². The summed E-state index contributed by atoms with van der Waals surface area (Å²) in [4.78, 5) is 12.8. The number of fused-ring (bicyclic) bond motifs is 5. The minimum absolute atomic E-state index is 0.0352. The molecule has 266 valence electrons. The van der Waals surface area contributed by atoms with Gasteiger partial charge in [0.1, 0.15) is 6.10 Å². The van der Waals surface area contributed by atoms with Gasteiger partial charge < -0.3 is 19.5 Å². The molecule has 7 atom stereocenters. The fourth-order valence-corrected chi connectivity index (χ4v) is 9.86. The van der Waals surface area contributed by atoms with Crippen LogP contribution < -0.4 is 11.2 Å². The van der Waals surface area contributed by atoms with Gasteiger partial charge in [0.25, 0.3) is 0 Å². The second-order valence-corrected chi connectivity index (χ2v) is 17.8. The Morgan fingerprint density at radius 1 is 1.04 bits per heavy atom. The number of hydrogen-bond donors (Lipinski definition) is 2. The maximum atomic E-state index is 12.8. The highest BCUT2D eigenvalue weighted by Crippen LogP contribution is 2.66. The number of carbonyl (C=O) groups excluding carboxylic acids is 1. The van der Waals surface area contributed by atoms with Gasteiger partial charge in [-0.3, -0.25) is 10.9 Å². The third kappa shape index (κ3) is 9.51. The smallest absolute Gasteiger partial charge is 0.407 e. The second kappa shape index (κ2) is 15.6. The van der Waals surface area contributed by atoms with Crippen LogP contribution in [0, 0.1) is 40.4 Å². The summed E-state index contributed by atoms with van der Waals surface area (Å²) in [6.07, 6.45) is 18.6. The fourth-order valence-electron chi connectivity index (χ4n) is 9.86. The first kappa shape index (κ1) is 37.7. The lowest BCUT2D eigenvalue weighted by Gasteiger charge is -2.58. The summed E-state index contributed by atoms with van der Waals surface area (Å²) < 4.78 is 18.2. The summed E-state index contributed by atoms with van der Waals surface area (Å²) in [5.74, 6) is 10.0. The monoisotopic (exact) mass is 646 g/mol. The maximum absolute atomic E-state index is 12.8. The number of hydrogen-bond acceptors (Lipinski definition) is 6. The van der Waals surface area contributed by atoms with E-state index < -0.39 is 5.60 Å². The average Bonchev–Trinajstić information content (AvgIpc) is 3.32. The van der Waals surface area contributed by atoms with Gasteiger partial charge in [0, 0.05) is 26.6 Å². The topological polar surface area (TPSA) is 86.1 Å². The molecule has 3 fully saturated rings. The van der Waals surface area contributed by atoms with Crippen molar-refractivity contribution in [1.82, 2.24) is 10.3 Å². The van der Waals surface area contributed by atoms with Crippen LogP contribution in [0.5, 0.6) is 0 Å². The highest BCUT2D eigenvalue weighted by molar-refractivity contribution is 5.67. The Balaban J connectivity index is 1.20. The van der Waals surface area contributed by atoms with Crippen molar-refractivity contribution in [3.63, 3.8) is 0 Å². The molecular formula is C39H71N3O4. The number of carbonyl (C=O) groups is 1. The largest absolute Gasteiger partial charge is 0.446 e. The van der Waals surface area contributed by atoms with Gasteiger partial charge in [0.15, 0.2) is 0 Å². The van der Waals surface area contributed by atoms with Crippen molar-refractivity contribution in [1.29, 1.82) is 0 Å². The van der Waals surface area contributed by atoms with E-state index in [1.807, 2.05) is 20.9 Å². The number of ether oxygens (including phenoxy) is 3. The van der Waals surface area contributed by atoms with Gasteiger partial charge in [-0.25, -0.2) is 4.79 Å². The van der Waals surface area contributed by atoms with E-state index in [9.17, 15) is 4.79 Å². The van der Waals surface area contributed by atoms with Gasteiger partial charge in [-0.1, -0.05) is 58.6 Å². The summed E-state index contributed by atoms with van der Waals surface area (Å²) in [7, 11) is 1.86. The number of hydrazine groups is 1. The van der Waals surface area contributed by atoms with Crippen LogP contribution in [0.15, 0.2) is 11.6 Å². The van der Waals surface area contributed by atoms with Crippen LogP contribution in [0.3, 0.4) is 0 Å². The lowest BCUT2D eigenvalue weighted by atomic mass is 9.47. The zero-order chi connectivity index (χ0) is 33.8. The lowest BCUT2D eigenvalue weighted by molar-refractivity contribution is -0.122. The third-order valence-electron chi connectivity index (χ3n) is 12.9. The molecule has 0 heterocycles. The molecule has 4 rings (SSSR count). The highest BCUT2D eigenvalue weighted by atomic mass is 16.6. The Kier molecular flexibility index (Phi) is 12.8. The van der Waals surface area contributed by atoms with Crippen molar-refractivity contribution in [3.05, 3.63) is 11.6 Å². The van der Waals surface area contributed by atoms with Crippen LogP contribution >= 0.6 is 0 Å². The van der Waals surface area contributed by atoms with E-state index in [4.69, 9.17) is 20.1 Å². The van der Waals surface area contributed by atoms with Crippen LogP contribution in [0.1, 0.15) is 139 Å². The fraction of sp³-hybridized carbons (Fsp3) is 0.923. The highest BCUT2D eigenvalue weighted by Gasteiger charge is 2.58. The first-order valence-electron chi connectivity index (χ1n) is 18.9. The number of nitrogens with zero attached hydrogens (tertiary/aromatic N) is 1. The minimum Gasteiger partial charge on any atom is -0.446 e. The van der Waals surface area contributed by atoms with E-state index in [2.05, 4.69) is 52.9 Å². The Bertz CT molecular complexity index is 1020. The van der Waals surface area contributed by atoms with Crippen molar-refractivity contribution >= 4 is 6.09 Å². The average molecular weight is 646 g/mol. The molecule has 3 saturated carbocycles. The van der Waals surface area contributed by atoms with Gasteiger partial charge >= 0.3 is 6.09 Å². The summed E-state index contributed by atoms with van der Waals surface area (Å²) in [5, 5.41) is 4.60. The molecule has 0 spiro atoms. The Labute approximate surface area is 282 Å². The van der Waals surface area contributed by atoms with E-state index in [-0.39, 0.29) is 23.2 Å². The molecule has 0 aromatic heterocycles. The van der Waals surface area contributed by atoms with E-state index in [0.717, 1.165) is 61.8 Å². The number of alkyl carbamates (subject to hydrolysis) is 1. The van der Waals surface area contributed by atoms with Gasteiger partial charge in [-0.05, 0) is 126 Å². The van der Waals surface area contributed by atoms with E-state index in [1.165, 1.54) is 57.8 Å². The first-order valence-corrected chi connectivity index (χ1v) is 18.9. The zero-order valence-electron chi connectivity index (χ0n) is 31.2. The normalized spacial score (nSPS) is 33.0. The minimum atomic E-state index is -0.458. The molecule has 0 saturated heterocycles.